The van der Waals surface area contributed by atoms with Crippen molar-refractivity contribution in [2.45, 2.75) is 39.7 Å². The van der Waals surface area contributed by atoms with E-state index in [4.69, 9.17) is 0 Å². The molecule has 0 saturated heterocycles. The molecule has 0 amide bonds. The summed E-state index contributed by atoms with van der Waals surface area (Å²) in [4.78, 5) is 2.30. The van der Waals surface area contributed by atoms with Crippen LogP contribution in [0.5, 0.6) is 0 Å². The van der Waals surface area contributed by atoms with Gasteiger partial charge in [-0.05, 0) is 37.6 Å². The molecule has 0 aliphatic heterocycles. The van der Waals surface area contributed by atoms with E-state index in [-0.39, 0.29) is 11.9 Å². The van der Waals surface area contributed by atoms with Crippen LogP contribution in [0.15, 0.2) is 30.1 Å². The molecule has 1 atom stereocenters. The molecule has 0 radical (unpaired) electrons. The minimum atomic E-state index is 0.0769. The van der Waals surface area contributed by atoms with Gasteiger partial charge in [0.05, 0.1) is 0 Å². The van der Waals surface area contributed by atoms with Crippen LogP contribution in [0, 0.1) is 0 Å². The maximum atomic E-state index is 14.3. The fraction of sp³-hybridized carbons (Fsp3) is 0.500. The van der Waals surface area contributed by atoms with E-state index >= 15 is 0 Å². The Balaban J connectivity index is 2.41. The van der Waals surface area contributed by atoms with E-state index in [1.165, 1.54) is 5.56 Å². The molecule has 98 valence electrons. The van der Waals surface area contributed by atoms with E-state index in [2.05, 4.69) is 37.8 Å². The summed E-state index contributed by atoms with van der Waals surface area (Å²) >= 11 is 0. The number of fused-ring (bicyclic) bond motifs is 1. The Bertz CT molecular complexity index is 446. The number of hydrogen-bond acceptors (Lipinski definition) is 1. The Morgan fingerprint density at radius 3 is 2.50 bits per heavy atom. The molecule has 0 unspecified atom stereocenters. The van der Waals surface area contributed by atoms with Crippen LogP contribution < -0.4 is 0 Å². The van der Waals surface area contributed by atoms with Crippen LogP contribution in [0.1, 0.15) is 38.3 Å². The normalized spacial score (nSPS) is 16.9. The average Bonchev–Trinajstić information content (AvgIpc) is 2.39. The first-order chi connectivity index (χ1) is 8.69. The van der Waals surface area contributed by atoms with Gasteiger partial charge in [0.25, 0.3) is 0 Å². The molecule has 2 rings (SSSR count). The number of allylic oxidation sites excluding steroid dienone is 1. The second-order valence-electron chi connectivity index (χ2n) is 4.87. The third-order valence-electron chi connectivity index (χ3n) is 3.99. The SMILES string of the molecule is CCN(CC)[C@H](C)C1=C(F)CCc2ccccc21. The van der Waals surface area contributed by atoms with Crippen molar-refractivity contribution < 1.29 is 4.39 Å². The van der Waals surface area contributed by atoms with Crippen LogP contribution in [0.2, 0.25) is 0 Å². The van der Waals surface area contributed by atoms with Gasteiger partial charge in [-0.3, -0.25) is 4.90 Å². The number of likely N-dealkylation sites (N-methyl/N-ethyl adjacent to an activating group) is 1. The van der Waals surface area contributed by atoms with Crippen molar-refractivity contribution in [3.63, 3.8) is 0 Å². The number of nitrogens with zero attached hydrogens (tertiary/aromatic N) is 1. The summed E-state index contributed by atoms with van der Waals surface area (Å²) in [6.07, 6.45) is 1.38. The number of rotatable bonds is 4. The predicted octanol–water partition coefficient (Wildman–Crippen LogP) is 4.04. The molecule has 2 heteroatoms. The van der Waals surface area contributed by atoms with Gasteiger partial charge in [-0.2, -0.15) is 0 Å². The van der Waals surface area contributed by atoms with Crippen LogP contribution in [0.25, 0.3) is 5.57 Å². The highest BCUT2D eigenvalue weighted by Gasteiger charge is 2.25. The third kappa shape index (κ3) is 2.35. The molecule has 1 nitrogen and oxygen atoms in total. The first-order valence-electron chi connectivity index (χ1n) is 6.89. The summed E-state index contributed by atoms with van der Waals surface area (Å²) in [5.74, 6) is 0.0769. The topological polar surface area (TPSA) is 3.24 Å². The molecule has 1 aromatic rings. The van der Waals surface area contributed by atoms with E-state index < -0.39 is 0 Å². The van der Waals surface area contributed by atoms with Gasteiger partial charge in [-0.25, -0.2) is 4.39 Å². The lowest BCUT2D eigenvalue weighted by Crippen LogP contribution is -2.34. The first-order valence-corrected chi connectivity index (χ1v) is 6.89. The minimum Gasteiger partial charge on any atom is -0.297 e. The molecule has 0 spiro atoms. The Labute approximate surface area is 109 Å². The molecule has 0 N–H and O–H groups in total. The summed E-state index contributed by atoms with van der Waals surface area (Å²) in [5, 5.41) is 0. The Kier molecular flexibility index (Phi) is 4.18. The summed E-state index contributed by atoms with van der Waals surface area (Å²) < 4.78 is 14.3. The number of benzene rings is 1. The summed E-state index contributed by atoms with van der Waals surface area (Å²) in [7, 11) is 0. The molecule has 0 bridgehead atoms. The van der Waals surface area contributed by atoms with Gasteiger partial charge in [0.2, 0.25) is 0 Å². The minimum absolute atomic E-state index is 0.0769. The van der Waals surface area contributed by atoms with Gasteiger partial charge in [-0.15, -0.1) is 0 Å². The number of hydrogen-bond donors (Lipinski definition) is 0. The van der Waals surface area contributed by atoms with E-state index in [9.17, 15) is 4.39 Å². The Morgan fingerprint density at radius 2 is 1.83 bits per heavy atom. The standard InChI is InChI=1S/C16H22FN/c1-4-18(5-2)12(3)16-14-9-7-6-8-13(14)10-11-15(16)17/h6-9,12H,4-5,10-11H2,1-3H3/t12-/m1/s1. The largest absolute Gasteiger partial charge is 0.297 e. The molecule has 0 saturated carbocycles. The van der Waals surface area contributed by atoms with Crippen molar-refractivity contribution in [3.8, 4) is 0 Å². The molecule has 1 aliphatic rings. The van der Waals surface area contributed by atoms with E-state index in [1.807, 2.05) is 12.1 Å². The van der Waals surface area contributed by atoms with E-state index in [0.717, 1.165) is 30.6 Å². The van der Waals surface area contributed by atoms with Crippen molar-refractivity contribution in [3.05, 3.63) is 41.2 Å². The van der Waals surface area contributed by atoms with E-state index in [0.29, 0.717) is 6.42 Å². The zero-order chi connectivity index (χ0) is 13.1. The van der Waals surface area contributed by atoms with Crippen molar-refractivity contribution >= 4 is 5.57 Å². The zero-order valence-electron chi connectivity index (χ0n) is 11.5. The lowest BCUT2D eigenvalue weighted by molar-refractivity contribution is 0.272. The Morgan fingerprint density at radius 1 is 1.17 bits per heavy atom. The fourth-order valence-electron chi connectivity index (χ4n) is 2.93. The van der Waals surface area contributed by atoms with Crippen molar-refractivity contribution in [2.24, 2.45) is 0 Å². The molecule has 0 aromatic heterocycles. The van der Waals surface area contributed by atoms with Crippen molar-refractivity contribution in [1.82, 2.24) is 4.90 Å². The Hall–Kier alpha value is -1.15. The molecule has 1 aliphatic carbocycles. The number of aryl methyl sites for hydroxylation is 1. The van der Waals surface area contributed by atoms with Crippen molar-refractivity contribution in [1.29, 1.82) is 0 Å². The summed E-state index contributed by atoms with van der Waals surface area (Å²) in [6, 6.07) is 8.38. The number of halogens is 1. The molecule has 18 heavy (non-hydrogen) atoms. The van der Waals surface area contributed by atoms with Gasteiger partial charge < -0.3 is 0 Å². The van der Waals surface area contributed by atoms with Gasteiger partial charge >= 0.3 is 0 Å². The molecule has 0 fully saturated rings. The van der Waals surface area contributed by atoms with Crippen molar-refractivity contribution in [2.75, 3.05) is 13.1 Å². The quantitative estimate of drug-likeness (QED) is 0.776. The van der Waals surface area contributed by atoms with Crippen LogP contribution in [0.3, 0.4) is 0 Å². The lowest BCUT2D eigenvalue weighted by atomic mass is 9.86. The smallest absolute Gasteiger partial charge is 0.106 e. The molecule has 1 aromatic carbocycles. The van der Waals surface area contributed by atoms with Crippen LogP contribution >= 0.6 is 0 Å². The van der Waals surface area contributed by atoms with Crippen LogP contribution in [-0.2, 0) is 6.42 Å². The highest BCUT2D eigenvalue weighted by molar-refractivity contribution is 5.75. The van der Waals surface area contributed by atoms with Gasteiger partial charge in [0.15, 0.2) is 0 Å². The van der Waals surface area contributed by atoms with Gasteiger partial charge in [0, 0.05) is 18.0 Å². The second kappa shape index (κ2) is 5.66. The summed E-state index contributed by atoms with van der Waals surface area (Å²) in [6.45, 7) is 8.29. The lowest BCUT2D eigenvalue weighted by Gasteiger charge is -2.32. The zero-order valence-corrected chi connectivity index (χ0v) is 11.5. The predicted molar refractivity (Wildman–Crippen MR) is 75.2 cm³/mol. The molecular formula is C16H22FN. The molecule has 0 heterocycles. The third-order valence-corrected chi connectivity index (χ3v) is 3.99. The maximum Gasteiger partial charge on any atom is 0.106 e. The highest BCUT2D eigenvalue weighted by Crippen LogP contribution is 2.35. The first kappa shape index (κ1) is 13.3. The van der Waals surface area contributed by atoms with E-state index in [1.54, 1.807) is 0 Å². The molecular weight excluding hydrogens is 225 g/mol. The van der Waals surface area contributed by atoms with Gasteiger partial charge in [-0.1, -0.05) is 38.1 Å². The monoisotopic (exact) mass is 247 g/mol. The van der Waals surface area contributed by atoms with Crippen LogP contribution in [0.4, 0.5) is 4.39 Å². The average molecular weight is 247 g/mol. The van der Waals surface area contributed by atoms with Crippen LogP contribution in [-0.4, -0.2) is 24.0 Å². The summed E-state index contributed by atoms with van der Waals surface area (Å²) in [5.41, 5.74) is 3.30. The highest BCUT2D eigenvalue weighted by atomic mass is 19.1. The second-order valence-corrected chi connectivity index (χ2v) is 4.87. The fourth-order valence-corrected chi connectivity index (χ4v) is 2.93. The maximum absolute atomic E-state index is 14.3. The van der Waals surface area contributed by atoms with Gasteiger partial charge in [0.1, 0.15) is 5.83 Å².